The van der Waals surface area contributed by atoms with E-state index in [1.165, 1.54) is 50.6 Å². The SMILES string of the molecule is COC(=O)c1csc(NCCC2CCCC(C)C2)n1. The Kier molecular flexibility index (Phi) is 5.19. The molecule has 1 N–H and O–H groups in total. The molecule has 1 saturated carbocycles. The van der Waals surface area contributed by atoms with Gasteiger partial charge in [-0.05, 0) is 24.7 Å². The van der Waals surface area contributed by atoms with E-state index in [9.17, 15) is 4.79 Å². The van der Waals surface area contributed by atoms with Crippen molar-refractivity contribution in [3.05, 3.63) is 11.1 Å². The van der Waals surface area contributed by atoms with Crippen molar-refractivity contribution < 1.29 is 9.53 Å². The number of carbonyl (C=O) groups excluding carboxylic acids is 1. The number of aromatic nitrogens is 1. The van der Waals surface area contributed by atoms with Crippen LogP contribution in [0.15, 0.2) is 5.38 Å². The monoisotopic (exact) mass is 282 g/mol. The van der Waals surface area contributed by atoms with Gasteiger partial charge >= 0.3 is 5.97 Å². The van der Waals surface area contributed by atoms with Crippen LogP contribution in [0.3, 0.4) is 0 Å². The minimum Gasteiger partial charge on any atom is -0.464 e. The number of nitrogens with zero attached hydrogens (tertiary/aromatic N) is 1. The van der Waals surface area contributed by atoms with Crippen LogP contribution in [0.5, 0.6) is 0 Å². The fourth-order valence-electron chi connectivity index (χ4n) is 2.76. The van der Waals surface area contributed by atoms with E-state index in [1.54, 1.807) is 5.38 Å². The first-order valence-electron chi connectivity index (χ1n) is 6.96. The van der Waals surface area contributed by atoms with Gasteiger partial charge < -0.3 is 10.1 Å². The molecule has 0 amide bonds. The molecule has 2 unspecified atom stereocenters. The molecule has 106 valence electrons. The molecule has 0 bridgehead atoms. The summed E-state index contributed by atoms with van der Waals surface area (Å²) in [6.07, 6.45) is 6.66. The molecule has 1 aromatic rings. The van der Waals surface area contributed by atoms with Crippen molar-refractivity contribution in [3.63, 3.8) is 0 Å². The van der Waals surface area contributed by atoms with Crippen molar-refractivity contribution in [3.8, 4) is 0 Å². The Balaban J connectivity index is 1.73. The Labute approximate surface area is 118 Å². The number of hydrogen-bond acceptors (Lipinski definition) is 5. The van der Waals surface area contributed by atoms with Gasteiger partial charge in [0, 0.05) is 11.9 Å². The van der Waals surface area contributed by atoms with Gasteiger partial charge in [-0.3, -0.25) is 0 Å². The van der Waals surface area contributed by atoms with Crippen LogP contribution in [0.4, 0.5) is 5.13 Å². The Morgan fingerprint density at radius 2 is 2.42 bits per heavy atom. The number of hydrogen-bond donors (Lipinski definition) is 1. The summed E-state index contributed by atoms with van der Waals surface area (Å²) in [5, 5.41) is 5.85. The molecule has 0 spiro atoms. The molecule has 1 aliphatic carbocycles. The third-order valence-electron chi connectivity index (χ3n) is 3.77. The molecule has 1 heterocycles. The normalized spacial score (nSPS) is 23.1. The van der Waals surface area contributed by atoms with Gasteiger partial charge in [0.15, 0.2) is 10.8 Å². The lowest BCUT2D eigenvalue weighted by atomic mass is 9.81. The van der Waals surface area contributed by atoms with Gasteiger partial charge in [0.05, 0.1) is 7.11 Å². The molecular formula is C14H22N2O2S. The highest BCUT2D eigenvalue weighted by Gasteiger charge is 2.18. The number of methoxy groups -OCH3 is 1. The number of thiazole rings is 1. The maximum Gasteiger partial charge on any atom is 0.357 e. The third-order valence-corrected chi connectivity index (χ3v) is 4.57. The van der Waals surface area contributed by atoms with Crippen molar-refractivity contribution in [2.75, 3.05) is 19.0 Å². The fourth-order valence-corrected chi connectivity index (χ4v) is 3.47. The van der Waals surface area contributed by atoms with E-state index in [2.05, 4.69) is 22.0 Å². The molecule has 1 fully saturated rings. The van der Waals surface area contributed by atoms with Gasteiger partial charge in [-0.1, -0.05) is 26.2 Å². The maximum atomic E-state index is 11.3. The van der Waals surface area contributed by atoms with E-state index in [0.717, 1.165) is 23.5 Å². The van der Waals surface area contributed by atoms with E-state index >= 15 is 0 Å². The molecule has 1 aromatic heterocycles. The summed E-state index contributed by atoms with van der Waals surface area (Å²) in [5.41, 5.74) is 0.390. The van der Waals surface area contributed by atoms with Crippen LogP contribution in [0, 0.1) is 11.8 Å². The third kappa shape index (κ3) is 4.20. The summed E-state index contributed by atoms with van der Waals surface area (Å²) >= 11 is 1.46. The second-order valence-corrected chi connectivity index (χ2v) is 6.24. The largest absolute Gasteiger partial charge is 0.464 e. The molecule has 0 saturated heterocycles. The lowest BCUT2D eigenvalue weighted by Crippen LogP contribution is -2.16. The summed E-state index contributed by atoms with van der Waals surface area (Å²) in [6, 6.07) is 0. The van der Waals surface area contributed by atoms with Crippen LogP contribution in [0.25, 0.3) is 0 Å². The van der Waals surface area contributed by atoms with E-state index < -0.39 is 0 Å². The lowest BCUT2D eigenvalue weighted by molar-refractivity contribution is 0.0595. The van der Waals surface area contributed by atoms with Crippen molar-refractivity contribution in [2.24, 2.45) is 11.8 Å². The molecule has 0 aliphatic heterocycles. The second-order valence-electron chi connectivity index (χ2n) is 5.38. The predicted octanol–water partition coefficient (Wildman–Crippen LogP) is 3.56. The summed E-state index contributed by atoms with van der Waals surface area (Å²) in [6.45, 7) is 3.29. The van der Waals surface area contributed by atoms with Gasteiger partial charge in [0.1, 0.15) is 0 Å². The van der Waals surface area contributed by atoms with Crippen molar-refractivity contribution >= 4 is 22.4 Å². The van der Waals surface area contributed by atoms with Gasteiger partial charge in [0.25, 0.3) is 0 Å². The molecule has 2 atom stereocenters. The number of carbonyl (C=O) groups is 1. The average Bonchev–Trinajstić information content (AvgIpc) is 2.87. The van der Waals surface area contributed by atoms with Crippen LogP contribution in [0.2, 0.25) is 0 Å². The van der Waals surface area contributed by atoms with Crippen LogP contribution in [0.1, 0.15) is 49.5 Å². The first-order chi connectivity index (χ1) is 9.19. The Morgan fingerprint density at radius 3 is 3.16 bits per heavy atom. The Bertz CT molecular complexity index is 419. The Morgan fingerprint density at radius 1 is 1.58 bits per heavy atom. The van der Waals surface area contributed by atoms with Crippen LogP contribution in [-0.4, -0.2) is 24.6 Å². The molecule has 0 aromatic carbocycles. The quantitative estimate of drug-likeness (QED) is 0.839. The highest BCUT2D eigenvalue weighted by Crippen LogP contribution is 2.30. The first kappa shape index (κ1) is 14.3. The smallest absolute Gasteiger partial charge is 0.357 e. The van der Waals surface area contributed by atoms with Crippen LogP contribution < -0.4 is 5.32 Å². The standard InChI is InChI=1S/C14H22N2O2S/c1-10-4-3-5-11(8-10)6-7-15-14-16-12(9-19-14)13(17)18-2/h9-11H,3-8H2,1-2H3,(H,15,16). The highest BCUT2D eigenvalue weighted by atomic mass is 32.1. The van der Waals surface area contributed by atoms with Gasteiger partial charge in [-0.15, -0.1) is 11.3 Å². The van der Waals surface area contributed by atoms with E-state index in [-0.39, 0.29) is 5.97 Å². The van der Waals surface area contributed by atoms with Gasteiger partial charge in [-0.25, -0.2) is 9.78 Å². The first-order valence-corrected chi connectivity index (χ1v) is 7.84. The van der Waals surface area contributed by atoms with E-state index in [0.29, 0.717) is 5.69 Å². The maximum absolute atomic E-state index is 11.3. The molecule has 19 heavy (non-hydrogen) atoms. The van der Waals surface area contributed by atoms with Crippen molar-refractivity contribution in [2.45, 2.75) is 39.0 Å². The predicted molar refractivity (Wildman–Crippen MR) is 77.7 cm³/mol. The van der Waals surface area contributed by atoms with Crippen molar-refractivity contribution in [1.82, 2.24) is 4.98 Å². The second kappa shape index (κ2) is 6.89. The van der Waals surface area contributed by atoms with Crippen LogP contribution in [-0.2, 0) is 4.74 Å². The lowest BCUT2D eigenvalue weighted by Gasteiger charge is -2.26. The molecule has 5 heteroatoms. The number of esters is 1. The van der Waals surface area contributed by atoms with Gasteiger partial charge in [-0.2, -0.15) is 0 Å². The molecule has 0 radical (unpaired) electrons. The fraction of sp³-hybridized carbons (Fsp3) is 0.714. The van der Waals surface area contributed by atoms with Gasteiger partial charge in [0.2, 0.25) is 0 Å². The average molecular weight is 282 g/mol. The molecule has 4 nitrogen and oxygen atoms in total. The Hall–Kier alpha value is -1.10. The number of nitrogens with one attached hydrogen (secondary N) is 1. The molecular weight excluding hydrogens is 260 g/mol. The molecule has 2 rings (SSSR count). The summed E-state index contributed by atoms with van der Waals surface area (Å²) in [4.78, 5) is 15.5. The number of anilines is 1. The minimum atomic E-state index is -0.370. The topological polar surface area (TPSA) is 51.2 Å². The summed E-state index contributed by atoms with van der Waals surface area (Å²) in [7, 11) is 1.37. The number of ether oxygens (including phenoxy) is 1. The van der Waals surface area contributed by atoms with Crippen LogP contribution >= 0.6 is 11.3 Å². The molecule has 1 aliphatic rings. The van der Waals surface area contributed by atoms with E-state index in [4.69, 9.17) is 0 Å². The zero-order valence-electron chi connectivity index (χ0n) is 11.6. The minimum absolute atomic E-state index is 0.370. The summed E-state index contributed by atoms with van der Waals surface area (Å²) < 4.78 is 4.64. The summed E-state index contributed by atoms with van der Waals surface area (Å²) in [5.74, 6) is 1.35. The number of rotatable bonds is 5. The van der Waals surface area contributed by atoms with Crippen molar-refractivity contribution in [1.29, 1.82) is 0 Å². The zero-order valence-corrected chi connectivity index (χ0v) is 12.5. The highest BCUT2D eigenvalue weighted by molar-refractivity contribution is 7.13. The van der Waals surface area contributed by atoms with E-state index in [1.807, 2.05) is 0 Å². The zero-order chi connectivity index (χ0) is 13.7.